The van der Waals surface area contributed by atoms with Crippen molar-refractivity contribution in [1.82, 2.24) is 0 Å². The van der Waals surface area contributed by atoms with Gasteiger partial charge in [0, 0.05) is 4.90 Å². The monoisotopic (exact) mass is 246 g/mol. The second-order valence-electron chi connectivity index (χ2n) is 3.69. The summed E-state index contributed by atoms with van der Waals surface area (Å²) in [4.78, 5) is 1.57. The molecule has 2 aromatic carbocycles. The molecule has 2 aromatic rings. The van der Waals surface area contributed by atoms with Crippen LogP contribution in [0.4, 0.5) is 0 Å². The van der Waals surface area contributed by atoms with Crippen molar-refractivity contribution in [2.45, 2.75) is 23.1 Å². The van der Waals surface area contributed by atoms with Gasteiger partial charge in [-0.15, -0.1) is 0 Å². The van der Waals surface area contributed by atoms with Crippen molar-refractivity contribution in [3.8, 4) is 11.5 Å². The minimum absolute atomic E-state index is 0.112. The van der Waals surface area contributed by atoms with E-state index in [9.17, 15) is 10.2 Å². The van der Waals surface area contributed by atoms with Crippen molar-refractivity contribution in [2.75, 3.05) is 0 Å². The topological polar surface area (TPSA) is 40.5 Å². The lowest BCUT2D eigenvalue weighted by atomic mass is 10.2. The van der Waals surface area contributed by atoms with Crippen LogP contribution in [0, 0.1) is 0 Å². The first-order chi connectivity index (χ1) is 8.22. The Hall–Kier alpha value is -1.61. The molecule has 0 spiro atoms. The molecule has 0 aliphatic heterocycles. The average molecular weight is 246 g/mol. The smallest absolute Gasteiger partial charge is 0.133 e. The number of hydrogen-bond acceptors (Lipinski definition) is 3. The molecule has 0 radical (unpaired) electrons. The van der Waals surface area contributed by atoms with Crippen molar-refractivity contribution >= 4 is 11.8 Å². The number of phenolic OH excluding ortho intramolecular Hbond substituents is 2. The van der Waals surface area contributed by atoms with Gasteiger partial charge < -0.3 is 10.2 Å². The third-order valence-electron chi connectivity index (χ3n) is 2.54. The molecule has 0 saturated carbocycles. The molecule has 0 saturated heterocycles. The van der Waals surface area contributed by atoms with Gasteiger partial charge >= 0.3 is 0 Å². The molecule has 0 amide bonds. The van der Waals surface area contributed by atoms with Crippen LogP contribution in [-0.2, 0) is 6.42 Å². The molecule has 2 N–H and O–H groups in total. The maximum atomic E-state index is 9.74. The second-order valence-corrected chi connectivity index (χ2v) is 4.74. The van der Waals surface area contributed by atoms with Crippen LogP contribution in [0.2, 0.25) is 0 Å². The third kappa shape index (κ3) is 2.56. The summed E-state index contributed by atoms with van der Waals surface area (Å²) in [6.45, 7) is 2.09. The van der Waals surface area contributed by atoms with Gasteiger partial charge in [-0.1, -0.05) is 43.0 Å². The zero-order chi connectivity index (χ0) is 12.3. The average Bonchev–Trinajstić information content (AvgIpc) is 2.34. The molecule has 2 rings (SSSR count). The van der Waals surface area contributed by atoms with Crippen molar-refractivity contribution in [2.24, 2.45) is 0 Å². The van der Waals surface area contributed by atoms with Gasteiger partial charge in [-0.05, 0) is 30.2 Å². The summed E-state index contributed by atoms with van der Waals surface area (Å²) in [7, 11) is 0. The highest BCUT2D eigenvalue weighted by molar-refractivity contribution is 7.99. The highest BCUT2D eigenvalue weighted by Crippen LogP contribution is 2.41. The van der Waals surface area contributed by atoms with E-state index >= 15 is 0 Å². The van der Waals surface area contributed by atoms with Crippen LogP contribution in [-0.4, -0.2) is 10.2 Å². The fraction of sp³-hybridized carbons (Fsp3) is 0.143. The van der Waals surface area contributed by atoms with Crippen molar-refractivity contribution in [3.63, 3.8) is 0 Å². The Bertz CT molecular complexity index is 503. The SMILES string of the molecule is CCc1ccccc1Sc1c(O)cccc1O. The minimum Gasteiger partial charge on any atom is -0.507 e. The summed E-state index contributed by atoms with van der Waals surface area (Å²) < 4.78 is 0. The molecular weight excluding hydrogens is 232 g/mol. The number of phenols is 2. The van der Waals surface area contributed by atoms with Crippen molar-refractivity contribution < 1.29 is 10.2 Å². The molecule has 88 valence electrons. The van der Waals surface area contributed by atoms with Gasteiger partial charge in [0.1, 0.15) is 11.5 Å². The molecule has 17 heavy (non-hydrogen) atoms. The quantitative estimate of drug-likeness (QED) is 0.865. The maximum absolute atomic E-state index is 9.74. The van der Waals surface area contributed by atoms with Gasteiger partial charge in [0.2, 0.25) is 0 Å². The largest absolute Gasteiger partial charge is 0.507 e. The van der Waals surface area contributed by atoms with Gasteiger partial charge in [-0.25, -0.2) is 0 Å². The molecule has 0 fully saturated rings. The van der Waals surface area contributed by atoms with Gasteiger partial charge in [0.25, 0.3) is 0 Å². The number of aromatic hydroxyl groups is 2. The minimum atomic E-state index is 0.112. The molecule has 0 bridgehead atoms. The van der Waals surface area contributed by atoms with Gasteiger partial charge in [0.05, 0.1) is 4.90 Å². The normalized spacial score (nSPS) is 10.4. The Morgan fingerprint density at radius 2 is 1.59 bits per heavy atom. The predicted molar refractivity (Wildman–Crippen MR) is 69.7 cm³/mol. The highest BCUT2D eigenvalue weighted by atomic mass is 32.2. The van der Waals surface area contributed by atoms with E-state index in [0.29, 0.717) is 4.90 Å². The molecule has 0 aliphatic rings. The molecule has 3 heteroatoms. The Morgan fingerprint density at radius 1 is 0.941 bits per heavy atom. The summed E-state index contributed by atoms with van der Waals surface area (Å²) in [6.07, 6.45) is 0.928. The summed E-state index contributed by atoms with van der Waals surface area (Å²) in [5.41, 5.74) is 1.21. The number of rotatable bonds is 3. The number of hydrogen-bond donors (Lipinski definition) is 2. The van der Waals surface area contributed by atoms with Crippen LogP contribution in [0.15, 0.2) is 52.3 Å². The standard InChI is InChI=1S/C14H14O2S/c1-2-10-6-3-4-9-13(10)17-14-11(15)7-5-8-12(14)16/h3-9,15-16H,2H2,1H3. The molecule has 0 aliphatic carbocycles. The Labute approximate surface area is 105 Å². The molecule has 2 nitrogen and oxygen atoms in total. The van der Waals surface area contributed by atoms with Crippen LogP contribution in [0.1, 0.15) is 12.5 Å². The Morgan fingerprint density at radius 3 is 2.24 bits per heavy atom. The van der Waals surface area contributed by atoms with E-state index in [1.807, 2.05) is 18.2 Å². The fourth-order valence-corrected chi connectivity index (χ4v) is 2.68. The third-order valence-corrected chi connectivity index (χ3v) is 3.78. The Kier molecular flexibility index (Phi) is 3.59. The van der Waals surface area contributed by atoms with E-state index < -0.39 is 0 Å². The van der Waals surface area contributed by atoms with E-state index in [-0.39, 0.29) is 11.5 Å². The van der Waals surface area contributed by atoms with Crippen molar-refractivity contribution in [3.05, 3.63) is 48.0 Å². The Balaban J connectivity index is 2.38. The van der Waals surface area contributed by atoms with Gasteiger partial charge in [-0.2, -0.15) is 0 Å². The van der Waals surface area contributed by atoms with E-state index in [1.54, 1.807) is 18.2 Å². The van der Waals surface area contributed by atoms with Crippen LogP contribution in [0.3, 0.4) is 0 Å². The summed E-state index contributed by atoms with van der Waals surface area (Å²) in [5.74, 6) is 0.224. The maximum Gasteiger partial charge on any atom is 0.133 e. The first-order valence-corrected chi connectivity index (χ1v) is 6.30. The van der Waals surface area contributed by atoms with Crippen LogP contribution in [0.5, 0.6) is 11.5 Å². The van der Waals surface area contributed by atoms with Crippen LogP contribution in [0.25, 0.3) is 0 Å². The lowest BCUT2D eigenvalue weighted by Gasteiger charge is -2.09. The van der Waals surface area contributed by atoms with E-state index in [0.717, 1.165) is 11.3 Å². The number of benzene rings is 2. The fourth-order valence-electron chi connectivity index (χ4n) is 1.62. The lowest BCUT2D eigenvalue weighted by Crippen LogP contribution is -1.85. The lowest BCUT2D eigenvalue weighted by molar-refractivity contribution is 0.428. The van der Waals surface area contributed by atoms with Crippen LogP contribution < -0.4 is 0 Å². The first-order valence-electron chi connectivity index (χ1n) is 5.49. The van der Waals surface area contributed by atoms with Gasteiger partial charge in [0.15, 0.2) is 0 Å². The molecule has 0 aromatic heterocycles. The zero-order valence-corrected chi connectivity index (χ0v) is 10.4. The first kappa shape index (κ1) is 11.9. The predicted octanol–water partition coefficient (Wildman–Crippen LogP) is 3.81. The molecular formula is C14H14O2S. The van der Waals surface area contributed by atoms with E-state index in [4.69, 9.17) is 0 Å². The number of aryl methyl sites for hydroxylation is 1. The second kappa shape index (κ2) is 5.15. The van der Waals surface area contributed by atoms with Crippen molar-refractivity contribution in [1.29, 1.82) is 0 Å². The summed E-state index contributed by atoms with van der Waals surface area (Å²) in [5, 5.41) is 19.5. The van der Waals surface area contributed by atoms with E-state index in [1.165, 1.54) is 17.3 Å². The summed E-state index contributed by atoms with van der Waals surface area (Å²) in [6, 6.07) is 12.8. The molecule has 0 atom stereocenters. The summed E-state index contributed by atoms with van der Waals surface area (Å²) >= 11 is 1.39. The highest BCUT2D eigenvalue weighted by Gasteiger charge is 2.10. The molecule has 0 heterocycles. The van der Waals surface area contributed by atoms with E-state index in [2.05, 4.69) is 13.0 Å². The zero-order valence-electron chi connectivity index (χ0n) is 9.55. The molecule has 0 unspecified atom stereocenters. The van der Waals surface area contributed by atoms with Gasteiger partial charge in [-0.3, -0.25) is 0 Å². The van der Waals surface area contributed by atoms with Crippen LogP contribution >= 0.6 is 11.8 Å².